The van der Waals surface area contributed by atoms with E-state index >= 15 is 0 Å². The zero-order chi connectivity index (χ0) is 12.3. The van der Waals surface area contributed by atoms with Gasteiger partial charge < -0.3 is 10.9 Å². The largest absolute Gasteiger partial charge is 0.409 e. The molecule has 17 heavy (non-hydrogen) atoms. The van der Waals surface area contributed by atoms with Gasteiger partial charge in [-0.15, -0.1) is 0 Å². The smallest absolute Gasteiger partial charge is 0.156 e. The van der Waals surface area contributed by atoms with Gasteiger partial charge in [-0.3, -0.25) is 4.90 Å². The first-order chi connectivity index (χ1) is 8.22. The van der Waals surface area contributed by atoms with Gasteiger partial charge >= 0.3 is 0 Å². The van der Waals surface area contributed by atoms with E-state index < -0.39 is 0 Å². The number of benzene rings is 1. The van der Waals surface area contributed by atoms with Gasteiger partial charge in [0, 0.05) is 12.6 Å². The molecular weight excluding hydrogens is 214 g/mol. The van der Waals surface area contributed by atoms with Gasteiger partial charge in [0.2, 0.25) is 0 Å². The second kappa shape index (κ2) is 5.19. The van der Waals surface area contributed by atoms with Gasteiger partial charge in [0.25, 0.3) is 0 Å². The maximum absolute atomic E-state index is 8.76. The van der Waals surface area contributed by atoms with Crippen LogP contribution < -0.4 is 5.73 Å². The minimum absolute atomic E-state index is 0.0206. The summed E-state index contributed by atoms with van der Waals surface area (Å²) < 4.78 is 0. The molecule has 0 radical (unpaired) electrons. The molecule has 4 heteroatoms. The van der Waals surface area contributed by atoms with E-state index in [0.29, 0.717) is 6.04 Å². The molecule has 0 heterocycles. The molecule has 1 aliphatic carbocycles. The highest BCUT2D eigenvalue weighted by Gasteiger charge is 2.33. The van der Waals surface area contributed by atoms with Crippen LogP contribution in [0.5, 0.6) is 0 Å². The summed E-state index contributed by atoms with van der Waals surface area (Å²) in [6.45, 7) is 2.83. The molecule has 1 atom stereocenters. The number of rotatable bonds is 5. The summed E-state index contributed by atoms with van der Waals surface area (Å²) in [5, 5.41) is 11.9. The van der Waals surface area contributed by atoms with Crippen molar-refractivity contribution in [3.8, 4) is 0 Å². The minimum Gasteiger partial charge on any atom is -0.409 e. The van der Waals surface area contributed by atoms with E-state index in [1.54, 1.807) is 0 Å². The van der Waals surface area contributed by atoms with Crippen LogP contribution in [-0.4, -0.2) is 28.0 Å². The third-order valence-corrected chi connectivity index (χ3v) is 3.26. The van der Waals surface area contributed by atoms with Crippen LogP contribution in [0.3, 0.4) is 0 Å². The molecule has 0 aromatic heterocycles. The van der Waals surface area contributed by atoms with E-state index in [-0.39, 0.29) is 11.9 Å². The van der Waals surface area contributed by atoms with Crippen molar-refractivity contribution >= 4 is 5.84 Å². The Morgan fingerprint density at radius 1 is 1.47 bits per heavy atom. The molecule has 1 unspecified atom stereocenters. The van der Waals surface area contributed by atoms with Crippen LogP contribution in [-0.2, 0) is 6.54 Å². The van der Waals surface area contributed by atoms with Crippen LogP contribution in [0.15, 0.2) is 35.5 Å². The van der Waals surface area contributed by atoms with Crippen molar-refractivity contribution in [3.05, 3.63) is 35.9 Å². The van der Waals surface area contributed by atoms with E-state index in [0.717, 1.165) is 6.54 Å². The molecule has 4 nitrogen and oxygen atoms in total. The number of amidine groups is 1. The molecule has 0 saturated heterocycles. The van der Waals surface area contributed by atoms with Crippen molar-refractivity contribution in [2.24, 2.45) is 10.9 Å². The summed E-state index contributed by atoms with van der Waals surface area (Å²) in [4.78, 5) is 2.30. The highest BCUT2D eigenvalue weighted by Crippen LogP contribution is 2.30. The number of nitrogens with two attached hydrogens (primary N) is 1. The summed E-state index contributed by atoms with van der Waals surface area (Å²) in [6.07, 6.45) is 2.41. The molecule has 3 N–H and O–H groups in total. The van der Waals surface area contributed by atoms with Gasteiger partial charge in [0.1, 0.15) is 0 Å². The Kier molecular flexibility index (Phi) is 3.64. The average Bonchev–Trinajstić information content (AvgIpc) is 3.19. The Morgan fingerprint density at radius 3 is 2.65 bits per heavy atom. The molecule has 1 aromatic carbocycles. The molecule has 1 aliphatic rings. The monoisotopic (exact) mass is 233 g/mol. The van der Waals surface area contributed by atoms with Crippen LogP contribution in [0.2, 0.25) is 0 Å². The van der Waals surface area contributed by atoms with Crippen molar-refractivity contribution in [1.29, 1.82) is 0 Å². The normalized spacial score (nSPS) is 18.4. The molecule has 1 fully saturated rings. The lowest BCUT2D eigenvalue weighted by Gasteiger charge is -2.28. The number of hydrogen-bond acceptors (Lipinski definition) is 3. The average molecular weight is 233 g/mol. The molecule has 2 rings (SSSR count). The van der Waals surface area contributed by atoms with E-state index in [4.69, 9.17) is 10.9 Å². The summed E-state index contributed by atoms with van der Waals surface area (Å²) in [5.74, 6) is 0.285. The number of oxime groups is 1. The van der Waals surface area contributed by atoms with E-state index in [1.165, 1.54) is 18.4 Å². The first-order valence-electron chi connectivity index (χ1n) is 5.99. The lowest BCUT2D eigenvalue weighted by molar-refractivity contribution is 0.225. The summed E-state index contributed by atoms with van der Waals surface area (Å²) in [6, 6.07) is 10.8. The lowest BCUT2D eigenvalue weighted by atomic mass is 10.1. The second-order valence-corrected chi connectivity index (χ2v) is 4.59. The summed E-state index contributed by atoms with van der Waals surface area (Å²) >= 11 is 0. The molecule has 1 saturated carbocycles. The fraction of sp³-hybridized carbons (Fsp3) is 0.462. The first kappa shape index (κ1) is 11.9. The highest BCUT2D eigenvalue weighted by atomic mass is 16.4. The number of hydrogen-bond donors (Lipinski definition) is 2. The van der Waals surface area contributed by atoms with Crippen LogP contribution in [0, 0.1) is 0 Å². The SMILES string of the molecule is CC(/C(N)=N/O)N(Cc1ccccc1)C1CC1. The van der Waals surface area contributed by atoms with Gasteiger partial charge in [0.15, 0.2) is 5.84 Å². The van der Waals surface area contributed by atoms with E-state index in [2.05, 4.69) is 22.2 Å². The fourth-order valence-electron chi connectivity index (χ4n) is 2.04. The van der Waals surface area contributed by atoms with Crippen LogP contribution >= 0.6 is 0 Å². The Morgan fingerprint density at radius 2 is 2.12 bits per heavy atom. The second-order valence-electron chi connectivity index (χ2n) is 4.59. The molecule has 0 aliphatic heterocycles. The lowest BCUT2D eigenvalue weighted by Crippen LogP contribution is -2.43. The van der Waals surface area contributed by atoms with Crippen molar-refractivity contribution in [3.63, 3.8) is 0 Å². The Hall–Kier alpha value is -1.55. The van der Waals surface area contributed by atoms with E-state index in [9.17, 15) is 0 Å². The molecule has 0 bridgehead atoms. The summed E-state index contributed by atoms with van der Waals surface area (Å²) in [5.41, 5.74) is 6.96. The van der Waals surface area contributed by atoms with Crippen molar-refractivity contribution in [1.82, 2.24) is 4.90 Å². The van der Waals surface area contributed by atoms with Crippen molar-refractivity contribution in [2.75, 3.05) is 0 Å². The van der Waals surface area contributed by atoms with Gasteiger partial charge in [-0.05, 0) is 25.3 Å². The van der Waals surface area contributed by atoms with Gasteiger partial charge in [-0.25, -0.2) is 0 Å². The Bertz CT molecular complexity index is 387. The van der Waals surface area contributed by atoms with Crippen LogP contribution in [0.1, 0.15) is 25.3 Å². The third-order valence-electron chi connectivity index (χ3n) is 3.26. The standard InChI is InChI=1S/C13H19N3O/c1-10(13(14)15-17)16(12-7-8-12)9-11-5-3-2-4-6-11/h2-6,10,12,17H,7-9H2,1H3,(H2,14,15). The highest BCUT2D eigenvalue weighted by molar-refractivity contribution is 5.84. The topological polar surface area (TPSA) is 61.9 Å². The zero-order valence-corrected chi connectivity index (χ0v) is 10.1. The molecule has 92 valence electrons. The van der Waals surface area contributed by atoms with Crippen LogP contribution in [0.25, 0.3) is 0 Å². The van der Waals surface area contributed by atoms with Crippen LogP contribution in [0.4, 0.5) is 0 Å². The van der Waals surface area contributed by atoms with Crippen molar-refractivity contribution in [2.45, 2.75) is 38.4 Å². The third kappa shape index (κ3) is 2.97. The predicted octanol–water partition coefficient (Wildman–Crippen LogP) is 1.79. The molecular formula is C13H19N3O. The number of nitrogens with zero attached hydrogens (tertiary/aromatic N) is 2. The van der Waals surface area contributed by atoms with Gasteiger partial charge in [0.05, 0.1) is 6.04 Å². The minimum atomic E-state index is -0.0206. The Labute approximate surface area is 102 Å². The van der Waals surface area contributed by atoms with Gasteiger partial charge in [-0.1, -0.05) is 35.5 Å². The zero-order valence-electron chi connectivity index (χ0n) is 10.1. The summed E-state index contributed by atoms with van der Waals surface area (Å²) in [7, 11) is 0. The van der Waals surface area contributed by atoms with Gasteiger partial charge in [-0.2, -0.15) is 0 Å². The van der Waals surface area contributed by atoms with E-state index in [1.807, 2.05) is 25.1 Å². The quantitative estimate of drug-likeness (QED) is 0.353. The predicted molar refractivity (Wildman–Crippen MR) is 67.9 cm³/mol. The first-order valence-corrected chi connectivity index (χ1v) is 5.99. The fourth-order valence-corrected chi connectivity index (χ4v) is 2.04. The molecule has 1 aromatic rings. The maximum atomic E-state index is 8.76. The molecule has 0 spiro atoms. The molecule has 0 amide bonds. The maximum Gasteiger partial charge on any atom is 0.156 e. The van der Waals surface area contributed by atoms with Crippen molar-refractivity contribution < 1.29 is 5.21 Å². The Balaban J connectivity index is 2.08.